The lowest BCUT2D eigenvalue weighted by molar-refractivity contribution is -0.128. The van der Waals surface area contributed by atoms with Crippen molar-refractivity contribution < 1.29 is 13.2 Å². The number of carbonyl (C=O) groups excluding carboxylic acids is 1. The number of Topliss-reactive ketones (excluding diaryl/α,β-unsaturated/α-hetero) is 1. The Balaban J connectivity index is 1.88. The van der Waals surface area contributed by atoms with Gasteiger partial charge in [-0.3, -0.25) is 9.69 Å². The number of hydrogen-bond donors (Lipinski definition) is 0. The molecule has 1 aromatic carbocycles. The van der Waals surface area contributed by atoms with Gasteiger partial charge >= 0.3 is 0 Å². The minimum atomic E-state index is -3.52. The molecule has 22 heavy (non-hydrogen) atoms. The molecular formula is C16H22N2O3S. The highest BCUT2D eigenvalue weighted by molar-refractivity contribution is 7.89. The van der Waals surface area contributed by atoms with Crippen LogP contribution in [0, 0.1) is 12.8 Å². The first-order valence-electron chi connectivity index (χ1n) is 7.62. The second-order valence-electron chi connectivity index (χ2n) is 6.49. The van der Waals surface area contributed by atoms with E-state index < -0.39 is 10.0 Å². The van der Waals surface area contributed by atoms with Crippen molar-refractivity contribution in [1.29, 1.82) is 0 Å². The summed E-state index contributed by atoms with van der Waals surface area (Å²) in [7, 11) is -1.54. The van der Waals surface area contributed by atoms with E-state index in [0.717, 1.165) is 5.56 Å². The first-order chi connectivity index (χ1) is 10.3. The second kappa shape index (κ2) is 5.44. The van der Waals surface area contributed by atoms with Crippen LogP contribution in [-0.4, -0.2) is 55.6 Å². The molecule has 0 unspecified atom stereocenters. The molecule has 0 bridgehead atoms. The molecule has 2 fully saturated rings. The predicted molar refractivity (Wildman–Crippen MR) is 84.1 cm³/mol. The number of ketones is 1. The third-order valence-electron chi connectivity index (χ3n) is 5.04. The van der Waals surface area contributed by atoms with Gasteiger partial charge in [-0.1, -0.05) is 17.7 Å². The monoisotopic (exact) mass is 322 g/mol. The van der Waals surface area contributed by atoms with Crippen molar-refractivity contribution in [3.8, 4) is 0 Å². The number of fused-ring (bicyclic) bond motifs is 1. The lowest BCUT2D eigenvalue weighted by Gasteiger charge is -2.38. The van der Waals surface area contributed by atoms with Crippen LogP contribution in [-0.2, 0) is 14.8 Å². The number of rotatable bonds is 2. The number of likely N-dealkylation sites (tertiary alicyclic amines) is 1. The number of carbonyl (C=O) groups is 1. The maximum Gasteiger partial charge on any atom is 0.243 e. The van der Waals surface area contributed by atoms with Crippen LogP contribution >= 0.6 is 0 Å². The Morgan fingerprint density at radius 3 is 2.41 bits per heavy atom. The first-order valence-corrected chi connectivity index (χ1v) is 9.06. The van der Waals surface area contributed by atoms with Crippen LogP contribution < -0.4 is 0 Å². The molecule has 3 rings (SSSR count). The molecule has 6 heteroatoms. The largest absolute Gasteiger partial charge is 0.299 e. The van der Waals surface area contributed by atoms with Gasteiger partial charge in [0.2, 0.25) is 10.0 Å². The molecular weight excluding hydrogens is 300 g/mol. The number of benzene rings is 1. The van der Waals surface area contributed by atoms with E-state index in [-0.39, 0.29) is 23.8 Å². The highest BCUT2D eigenvalue weighted by Crippen LogP contribution is 2.33. The van der Waals surface area contributed by atoms with Crippen molar-refractivity contribution in [2.45, 2.75) is 37.2 Å². The summed E-state index contributed by atoms with van der Waals surface area (Å²) in [5.74, 6) is -0.00127. The van der Waals surface area contributed by atoms with E-state index in [4.69, 9.17) is 0 Å². The summed E-state index contributed by atoms with van der Waals surface area (Å²) in [6, 6.07) is 7.05. The van der Waals surface area contributed by atoms with Gasteiger partial charge in [0.05, 0.1) is 4.90 Å². The highest BCUT2D eigenvalue weighted by Gasteiger charge is 2.48. The number of piperidine rings is 1. The molecule has 5 nitrogen and oxygen atoms in total. The predicted octanol–water partition coefficient (Wildman–Crippen LogP) is 1.28. The zero-order valence-corrected chi connectivity index (χ0v) is 14.0. The van der Waals surface area contributed by atoms with Crippen LogP contribution in [0.1, 0.15) is 18.9 Å². The van der Waals surface area contributed by atoms with Crippen LogP contribution in [0.25, 0.3) is 0 Å². The molecule has 0 spiro atoms. The third-order valence-corrected chi connectivity index (χ3v) is 6.89. The summed E-state index contributed by atoms with van der Waals surface area (Å²) in [5, 5.41) is 0. The average molecular weight is 322 g/mol. The average Bonchev–Trinajstić information content (AvgIpc) is 2.92. The van der Waals surface area contributed by atoms with Crippen LogP contribution in [0.4, 0.5) is 0 Å². The normalized spacial score (nSPS) is 30.5. The molecule has 2 heterocycles. The van der Waals surface area contributed by atoms with E-state index in [1.165, 1.54) is 4.31 Å². The molecule has 0 aromatic heterocycles. The molecule has 2 saturated heterocycles. The Hall–Kier alpha value is -1.24. The van der Waals surface area contributed by atoms with E-state index in [0.29, 0.717) is 24.4 Å². The van der Waals surface area contributed by atoms with Crippen LogP contribution in [0.2, 0.25) is 0 Å². The lowest BCUT2D eigenvalue weighted by Crippen LogP contribution is -2.51. The molecule has 0 saturated carbocycles. The number of likely N-dealkylation sites (N-methyl/N-ethyl adjacent to an activating group) is 1. The fourth-order valence-corrected chi connectivity index (χ4v) is 4.93. The van der Waals surface area contributed by atoms with E-state index in [1.54, 1.807) is 24.3 Å². The van der Waals surface area contributed by atoms with Gasteiger partial charge in [-0.2, -0.15) is 4.31 Å². The van der Waals surface area contributed by atoms with Gasteiger partial charge in [0.1, 0.15) is 5.78 Å². The Morgan fingerprint density at radius 1 is 1.14 bits per heavy atom. The van der Waals surface area contributed by atoms with Gasteiger partial charge in [-0.05, 0) is 33.0 Å². The van der Waals surface area contributed by atoms with Gasteiger partial charge in [0.25, 0.3) is 0 Å². The number of aryl methyl sites for hydroxylation is 1. The summed E-state index contributed by atoms with van der Waals surface area (Å²) in [4.78, 5) is 14.7. The van der Waals surface area contributed by atoms with Crippen LogP contribution in [0.5, 0.6) is 0 Å². The molecule has 0 radical (unpaired) electrons. The smallest absolute Gasteiger partial charge is 0.243 e. The molecule has 2 aliphatic rings. The van der Waals surface area contributed by atoms with E-state index in [9.17, 15) is 13.2 Å². The molecule has 120 valence electrons. The van der Waals surface area contributed by atoms with Crippen LogP contribution in [0.3, 0.4) is 0 Å². The number of hydrogen-bond acceptors (Lipinski definition) is 4. The Labute approximate surface area is 132 Å². The number of sulfonamides is 1. The first kappa shape index (κ1) is 15.6. The fraction of sp³-hybridized carbons (Fsp3) is 0.562. The maximum atomic E-state index is 12.8. The molecule has 1 aromatic rings. The zero-order valence-electron chi connectivity index (χ0n) is 13.2. The topological polar surface area (TPSA) is 57.7 Å². The molecule has 2 aliphatic heterocycles. The quantitative estimate of drug-likeness (QED) is 0.823. The summed E-state index contributed by atoms with van der Waals surface area (Å²) < 4.78 is 27.0. The van der Waals surface area contributed by atoms with Gasteiger partial charge in [0, 0.05) is 37.5 Å². The van der Waals surface area contributed by atoms with Gasteiger partial charge < -0.3 is 0 Å². The van der Waals surface area contributed by atoms with Gasteiger partial charge in [-0.25, -0.2) is 8.42 Å². The van der Waals surface area contributed by atoms with E-state index in [2.05, 4.69) is 4.90 Å². The lowest BCUT2D eigenvalue weighted by atomic mass is 9.87. The minimum Gasteiger partial charge on any atom is -0.299 e. The van der Waals surface area contributed by atoms with Crippen molar-refractivity contribution in [3.63, 3.8) is 0 Å². The zero-order chi connectivity index (χ0) is 16.1. The van der Waals surface area contributed by atoms with Crippen molar-refractivity contribution in [1.82, 2.24) is 9.21 Å². The fourth-order valence-electron chi connectivity index (χ4n) is 3.45. The van der Waals surface area contributed by atoms with Gasteiger partial charge in [-0.15, -0.1) is 0 Å². The molecule has 0 aliphatic carbocycles. The third kappa shape index (κ3) is 2.49. The summed E-state index contributed by atoms with van der Waals surface area (Å²) in [6.07, 6.45) is 0.510. The van der Waals surface area contributed by atoms with E-state index in [1.807, 2.05) is 20.9 Å². The highest BCUT2D eigenvalue weighted by atomic mass is 32.2. The van der Waals surface area contributed by atoms with Gasteiger partial charge in [0.15, 0.2) is 0 Å². The molecule has 0 N–H and O–H groups in total. The van der Waals surface area contributed by atoms with Crippen LogP contribution in [0.15, 0.2) is 29.2 Å². The SMILES string of the molecule is Cc1ccc(S(=O)(=O)N2C[C@@H]3C(=O)C[C@@H](C)N(C)[C@H]3C2)cc1. The molecule has 3 atom stereocenters. The Morgan fingerprint density at radius 2 is 1.77 bits per heavy atom. The molecule has 0 amide bonds. The number of nitrogens with zero attached hydrogens (tertiary/aromatic N) is 2. The second-order valence-corrected chi connectivity index (χ2v) is 8.43. The summed E-state index contributed by atoms with van der Waals surface area (Å²) in [5.41, 5.74) is 1.03. The van der Waals surface area contributed by atoms with Crippen molar-refractivity contribution in [2.75, 3.05) is 20.1 Å². The Bertz CT molecular complexity index is 684. The summed E-state index contributed by atoms with van der Waals surface area (Å²) in [6.45, 7) is 4.64. The van der Waals surface area contributed by atoms with E-state index >= 15 is 0 Å². The summed E-state index contributed by atoms with van der Waals surface area (Å²) >= 11 is 0. The minimum absolute atomic E-state index is 0.00327. The van der Waals surface area contributed by atoms with Crippen molar-refractivity contribution >= 4 is 15.8 Å². The van der Waals surface area contributed by atoms with Crippen molar-refractivity contribution in [3.05, 3.63) is 29.8 Å². The maximum absolute atomic E-state index is 12.8. The Kier molecular flexibility index (Phi) is 3.87. The standard InChI is InChI=1S/C16H22N2O3S/c1-11-4-6-13(7-5-11)22(20,21)18-9-14-15(10-18)17(3)12(2)8-16(14)19/h4-7,12,14-15H,8-10H2,1-3H3/t12-,14+,15+/m1/s1. The van der Waals surface area contributed by atoms with Crippen molar-refractivity contribution in [2.24, 2.45) is 5.92 Å².